The van der Waals surface area contributed by atoms with E-state index in [2.05, 4.69) is 15.3 Å². The maximum Gasteiger partial charge on any atom is 0.277 e. The number of furan rings is 1. The average Bonchev–Trinajstić information content (AvgIpc) is 3.59. The van der Waals surface area contributed by atoms with Gasteiger partial charge in [0.15, 0.2) is 0 Å². The number of thioether (sulfide) groups is 1. The number of benzene rings is 2. The Labute approximate surface area is 195 Å². The summed E-state index contributed by atoms with van der Waals surface area (Å²) in [5, 5.41) is 14.7. The van der Waals surface area contributed by atoms with E-state index in [-0.39, 0.29) is 17.7 Å². The van der Waals surface area contributed by atoms with Crippen molar-refractivity contribution in [1.82, 2.24) is 15.2 Å². The van der Waals surface area contributed by atoms with Crippen LogP contribution in [0.4, 0.5) is 0 Å². The van der Waals surface area contributed by atoms with Gasteiger partial charge in [0, 0.05) is 6.42 Å². The van der Waals surface area contributed by atoms with E-state index in [4.69, 9.17) is 8.83 Å². The summed E-state index contributed by atoms with van der Waals surface area (Å²) >= 11 is 1.21. The van der Waals surface area contributed by atoms with Crippen LogP contribution in [0.1, 0.15) is 40.8 Å². The normalized spacial score (nSPS) is 15.6. The van der Waals surface area contributed by atoms with Gasteiger partial charge in [0.05, 0.1) is 24.1 Å². The molecule has 1 atom stereocenters. The summed E-state index contributed by atoms with van der Waals surface area (Å²) < 4.78 is 11.3. The molecule has 4 aromatic rings. The standard InChI is InChI=1S/C25H22N4O3S/c1-17-9-11-19(12-10-17)20-15-21(22-8-5-13-31-22)29(28-20)24(30)16-33-25-27-26-23(32-25)14-18-6-3-2-4-7-18/h2-13,21H,14-16H2,1H3. The molecule has 1 aliphatic heterocycles. The molecule has 5 rings (SSSR count). The first-order chi connectivity index (χ1) is 16.2. The lowest BCUT2D eigenvalue weighted by Crippen LogP contribution is -2.28. The zero-order valence-corrected chi connectivity index (χ0v) is 18.9. The minimum atomic E-state index is -0.277. The van der Waals surface area contributed by atoms with Crippen molar-refractivity contribution in [3.63, 3.8) is 0 Å². The molecule has 0 N–H and O–H groups in total. The molecular weight excluding hydrogens is 436 g/mol. The predicted octanol–water partition coefficient (Wildman–Crippen LogP) is 5.03. The van der Waals surface area contributed by atoms with Gasteiger partial charge in [-0.3, -0.25) is 4.79 Å². The van der Waals surface area contributed by atoms with E-state index in [9.17, 15) is 4.79 Å². The van der Waals surface area contributed by atoms with E-state index in [0.29, 0.717) is 29.7 Å². The van der Waals surface area contributed by atoms with Crippen LogP contribution in [0.5, 0.6) is 0 Å². The van der Waals surface area contributed by atoms with Gasteiger partial charge in [0.25, 0.3) is 11.1 Å². The first-order valence-corrected chi connectivity index (χ1v) is 11.6. The smallest absolute Gasteiger partial charge is 0.277 e. The SMILES string of the molecule is Cc1ccc(C2=NN(C(=O)CSc3nnc(Cc4ccccc4)o3)C(c3ccco3)C2)cc1. The number of hydrazone groups is 1. The van der Waals surface area contributed by atoms with Crippen molar-refractivity contribution in [3.05, 3.63) is 101 Å². The fourth-order valence-corrected chi connectivity index (χ4v) is 4.32. The number of nitrogens with zero attached hydrogens (tertiary/aromatic N) is 4. The Morgan fingerprint density at radius 3 is 2.64 bits per heavy atom. The highest BCUT2D eigenvalue weighted by Crippen LogP contribution is 2.34. The molecule has 3 heterocycles. The topological polar surface area (TPSA) is 84.7 Å². The third-order valence-electron chi connectivity index (χ3n) is 5.39. The molecule has 0 radical (unpaired) electrons. The van der Waals surface area contributed by atoms with Crippen molar-refractivity contribution in [3.8, 4) is 0 Å². The van der Waals surface area contributed by atoms with Gasteiger partial charge in [-0.25, -0.2) is 5.01 Å². The molecule has 0 saturated heterocycles. The van der Waals surface area contributed by atoms with E-state index >= 15 is 0 Å². The molecule has 1 aliphatic rings. The van der Waals surface area contributed by atoms with Crippen LogP contribution in [-0.2, 0) is 11.2 Å². The molecule has 33 heavy (non-hydrogen) atoms. The third-order valence-corrected chi connectivity index (χ3v) is 6.19. The predicted molar refractivity (Wildman–Crippen MR) is 125 cm³/mol. The molecular formula is C25H22N4O3S. The lowest BCUT2D eigenvalue weighted by Gasteiger charge is -2.19. The van der Waals surface area contributed by atoms with Crippen molar-refractivity contribution in [1.29, 1.82) is 0 Å². The minimum absolute atomic E-state index is 0.134. The minimum Gasteiger partial charge on any atom is -0.467 e. The van der Waals surface area contributed by atoms with Crippen LogP contribution in [0.2, 0.25) is 0 Å². The van der Waals surface area contributed by atoms with Gasteiger partial charge in [0.1, 0.15) is 11.8 Å². The molecule has 0 spiro atoms. The third kappa shape index (κ3) is 4.90. The Morgan fingerprint density at radius 1 is 1.06 bits per heavy atom. The van der Waals surface area contributed by atoms with Crippen molar-refractivity contribution in [2.75, 3.05) is 5.75 Å². The second-order valence-electron chi connectivity index (χ2n) is 7.80. The second-order valence-corrected chi connectivity index (χ2v) is 8.73. The molecule has 0 fully saturated rings. The molecule has 7 nitrogen and oxygen atoms in total. The summed E-state index contributed by atoms with van der Waals surface area (Å²) in [7, 11) is 0. The van der Waals surface area contributed by atoms with Gasteiger partial charge in [-0.15, -0.1) is 10.2 Å². The van der Waals surface area contributed by atoms with Crippen LogP contribution in [-0.4, -0.2) is 32.6 Å². The van der Waals surface area contributed by atoms with Gasteiger partial charge in [-0.1, -0.05) is 71.9 Å². The average molecular weight is 459 g/mol. The zero-order valence-electron chi connectivity index (χ0n) is 18.0. The Bertz CT molecular complexity index is 1250. The summed E-state index contributed by atoms with van der Waals surface area (Å²) in [4.78, 5) is 13.1. The van der Waals surface area contributed by atoms with Gasteiger partial charge in [0.2, 0.25) is 5.89 Å². The molecule has 2 aromatic carbocycles. The maximum atomic E-state index is 13.1. The molecule has 166 valence electrons. The van der Waals surface area contributed by atoms with Crippen LogP contribution in [0, 0.1) is 6.92 Å². The molecule has 2 aromatic heterocycles. The monoisotopic (exact) mass is 458 g/mol. The van der Waals surface area contributed by atoms with E-state index in [1.807, 2.05) is 73.7 Å². The van der Waals surface area contributed by atoms with Crippen molar-refractivity contribution >= 4 is 23.4 Å². The highest BCUT2D eigenvalue weighted by molar-refractivity contribution is 7.99. The molecule has 0 aliphatic carbocycles. The Kier molecular flexibility index (Phi) is 6.08. The number of hydrogen-bond donors (Lipinski definition) is 0. The number of aromatic nitrogens is 2. The Hall–Kier alpha value is -3.65. The second kappa shape index (κ2) is 9.46. The van der Waals surface area contributed by atoms with Crippen molar-refractivity contribution < 1.29 is 13.6 Å². The van der Waals surface area contributed by atoms with Crippen LogP contribution in [0.3, 0.4) is 0 Å². The van der Waals surface area contributed by atoms with Crippen LogP contribution in [0.15, 0.2) is 92.2 Å². The lowest BCUT2D eigenvalue weighted by atomic mass is 10.0. The summed E-state index contributed by atoms with van der Waals surface area (Å²) in [6.45, 7) is 2.04. The van der Waals surface area contributed by atoms with Crippen molar-refractivity contribution in [2.24, 2.45) is 5.10 Å². The molecule has 1 unspecified atom stereocenters. The van der Waals surface area contributed by atoms with Crippen molar-refractivity contribution in [2.45, 2.75) is 31.0 Å². The number of rotatable bonds is 7. The fourth-order valence-electron chi connectivity index (χ4n) is 3.69. The van der Waals surface area contributed by atoms with Gasteiger partial charge in [-0.2, -0.15) is 5.10 Å². The molecule has 8 heteroatoms. The summed E-state index contributed by atoms with van der Waals surface area (Å²) in [5.41, 5.74) is 4.13. The number of carbonyl (C=O) groups is 1. The molecule has 1 amide bonds. The van der Waals surface area contributed by atoms with E-state index in [1.54, 1.807) is 6.26 Å². The largest absolute Gasteiger partial charge is 0.467 e. The van der Waals surface area contributed by atoms with E-state index < -0.39 is 0 Å². The molecule has 0 bridgehead atoms. The van der Waals surface area contributed by atoms with Crippen LogP contribution >= 0.6 is 11.8 Å². The van der Waals surface area contributed by atoms with Crippen LogP contribution < -0.4 is 0 Å². The number of aryl methyl sites for hydroxylation is 1. The zero-order chi connectivity index (χ0) is 22.6. The van der Waals surface area contributed by atoms with E-state index in [1.165, 1.54) is 22.3 Å². The van der Waals surface area contributed by atoms with Gasteiger partial charge in [-0.05, 0) is 30.2 Å². The highest BCUT2D eigenvalue weighted by Gasteiger charge is 2.35. The van der Waals surface area contributed by atoms with Gasteiger partial charge >= 0.3 is 0 Å². The summed E-state index contributed by atoms with van der Waals surface area (Å²) in [5.74, 6) is 1.22. The van der Waals surface area contributed by atoms with Crippen LogP contribution in [0.25, 0.3) is 0 Å². The highest BCUT2D eigenvalue weighted by atomic mass is 32.2. The quantitative estimate of drug-likeness (QED) is 0.361. The van der Waals surface area contributed by atoms with E-state index in [0.717, 1.165) is 16.8 Å². The maximum absolute atomic E-state index is 13.1. The molecule has 0 saturated carbocycles. The lowest BCUT2D eigenvalue weighted by molar-refractivity contribution is -0.130. The first kappa shape index (κ1) is 21.2. The number of carbonyl (C=O) groups excluding carboxylic acids is 1. The first-order valence-electron chi connectivity index (χ1n) is 10.6. The number of amides is 1. The summed E-state index contributed by atoms with van der Waals surface area (Å²) in [6, 6.07) is 21.5. The Balaban J connectivity index is 1.28. The Morgan fingerprint density at radius 2 is 1.88 bits per heavy atom. The number of hydrogen-bond acceptors (Lipinski definition) is 7. The van der Waals surface area contributed by atoms with Gasteiger partial charge < -0.3 is 8.83 Å². The summed E-state index contributed by atoms with van der Waals surface area (Å²) in [6.07, 6.45) is 2.76. The fraction of sp³-hybridized carbons (Fsp3) is 0.200.